The van der Waals surface area contributed by atoms with Crippen molar-refractivity contribution in [3.05, 3.63) is 35.4 Å². The van der Waals surface area contributed by atoms with Gasteiger partial charge in [-0.3, -0.25) is 4.79 Å². The highest BCUT2D eigenvalue weighted by atomic mass is 28.2. The molecule has 29 heavy (non-hydrogen) atoms. The molecule has 0 N–H and O–H groups in total. The van der Waals surface area contributed by atoms with Gasteiger partial charge in [0.25, 0.3) is 0 Å². The molecule has 2 aliphatic rings. The Hall–Kier alpha value is -0.933. The Morgan fingerprint density at radius 1 is 1.24 bits per heavy atom. The van der Waals surface area contributed by atoms with Crippen LogP contribution in [-0.4, -0.2) is 16.3 Å². The van der Waals surface area contributed by atoms with Crippen LogP contribution < -0.4 is 0 Å². The van der Waals surface area contributed by atoms with Crippen LogP contribution in [0.4, 0.5) is 0 Å². The van der Waals surface area contributed by atoms with Gasteiger partial charge in [-0.15, -0.1) is 0 Å². The van der Waals surface area contributed by atoms with Crippen LogP contribution in [0.25, 0.3) is 0 Å². The number of carbonyl (C=O) groups excluding carboxylic acids is 1. The molecule has 162 valence electrons. The van der Waals surface area contributed by atoms with E-state index in [1.54, 1.807) is 0 Å². The first kappa shape index (κ1) is 22.7. The van der Waals surface area contributed by atoms with Crippen molar-refractivity contribution in [1.82, 2.24) is 0 Å². The number of aryl methyl sites for hydroxylation is 1. The van der Waals surface area contributed by atoms with Crippen molar-refractivity contribution < 1.29 is 9.22 Å². The molecule has 1 unspecified atom stereocenters. The van der Waals surface area contributed by atoms with Gasteiger partial charge in [-0.05, 0) is 79.2 Å². The van der Waals surface area contributed by atoms with Crippen molar-refractivity contribution in [2.75, 3.05) is 0 Å². The maximum absolute atomic E-state index is 12.5. The SMILES string of the molecule is C[C@@H](CCc1cccc(C(C)(O[SiH3])C(C)(C)C)c1)[C@H]1CC[C@H]2C(=O)CCC[C@]12C. The summed E-state index contributed by atoms with van der Waals surface area (Å²) in [6.07, 6.45) is 7.85. The molecule has 0 aliphatic heterocycles. The van der Waals surface area contributed by atoms with Crippen LogP contribution in [0.15, 0.2) is 24.3 Å². The Morgan fingerprint density at radius 2 is 1.97 bits per heavy atom. The molecular formula is C26H42O2Si. The van der Waals surface area contributed by atoms with Gasteiger partial charge in [0, 0.05) is 12.3 Å². The number of ketones is 1. The second-order valence-corrected chi connectivity index (χ2v) is 11.7. The van der Waals surface area contributed by atoms with E-state index in [4.69, 9.17) is 4.43 Å². The Morgan fingerprint density at radius 3 is 2.62 bits per heavy atom. The van der Waals surface area contributed by atoms with Crippen LogP contribution >= 0.6 is 0 Å². The second kappa shape index (κ2) is 8.30. The van der Waals surface area contributed by atoms with Gasteiger partial charge in [-0.2, -0.15) is 0 Å². The summed E-state index contributed by atoms with van der Waals surface area (Å²) in [4.78, 5) is 12.5. The molecule has 2 fully saturated rings. The monoisotopic (exact) mass is 414 g/mol. The number of benzene rings is 1. The summed E-state index contributed by atoms with van der Waals surface area (Å²) in [5, 5.41) is 0. The summed E-state index contributed by atoms with van der Waals surface area (Å²) in [6.45, 7) is 13.9. The maximum atomic E-state index is 12.5. The minimum Gasteiger partial charge on any atom is -0.418 e. The highest BCUT2D eigenvalue weighted by Gasteiger charge is 2.52. The number of carbonyl (C=O) groups is 1. The summed E-state index contributed by atoms with van der Waals surface area (Å²) in [7, 11) is 0.734. The lowest BCUT2D eigenvalue weighted by molar-refractivity contribution is -0.130. The van der Waals surface area contributed by atoms with Gasteiger partial charge in [-0.25, -0.2) is 0 Å². The molecule has 0 heterocycles. The second-order valence-electron chi connectivity index (χ2n) is 11.3. The fourth-order valence-electron chi connectivity index (χ4n) is 6.38. The smallest absolute Gasteiger partial charge is 0.147 e. The molecule has 3 heteroatoms. The molecule has 2 nitrogen and oxygen atoms in total. The molecule has 0 amide bonds. The number of hydrogen-bond acceptors (Lipinski definition) is 2. The van der Waals surface area contributed by atoms with Gasteiger partial charge >= 0.3 is 0 Å². The fourth-order valence-corrected chi connectivity index (χ4v) is 7.23. The largest absolute Gasteiger partial charge is 0.418 e. The average Bonchev–Trinajstić information content (AvgIpc) is 3.03. The van der Waals surface area contributed by atoms with Gasteiger partial charge in [0.05, 0.1) is 5.60 Å². The maximum Gasteiger partial charge on any atom is 0.147 e. The predicted octanol–water partition coefficient (Wildman–Crippen LogP) is 5.60. The number of Topliss-reactive ketones (excluding diaryl/α,β-unsaturated/α-hetero) is 1. The topological polar surface area (TPSA) is 26.3 Å². The minimum atomic E-state index is -0.241. The zero-order valence-corrected chi connectivity index (χ0v) is 21.8. The Balaban J connectivity index is 1.70. The third-order valence-electron chi connectivity index (χ3n) is 8.83. The van der Waals surface area contributed by atoms with Crippen molar-refractivity contribution >= 4 is 16.3 Å². The lowest BCUT2D eigenvalue weighted by Gasteiger charge is -2.42. The van der Waals surface area contributed by atoms with Crippen LogP contribution in [0.2, 0.25) is 0 Å². The van der Waals surface area contributed by atoms with E-state index in [0.717, 1.165) is 36.2 Å². The van der Waals surface area contributed by atoms with Crippen LogP contribution in [0.3, 0.4) is 0 Å². The van der Waals surface area contributed by atoms with Crippen LogP contribution in [0.5, 0.6) is 0 Å². The van der Waals surface area contributed by atoms with Crippen LogP contribution in [-0.2, 0) is 21.2 Å². The van der Waals surface area contributed by atoms with Gasteiger partial charge in [0.15, 0.2) is 0 Å². The molecule has 1 aromatic carbocycles. The first-order valence-corrected chi connectivity index (χ1v) is 12.5. The number of fused-ring (bicyclic) bond motifs is 1. The molecule has 0 aromatic heterocycles. The van der Waals surface area contributed by atoms with E-state index in [1.807, 2.05) is 0 Å². The van der Waals surface area contributed by atoms with E-state index in [2.05, 4.69) is 65.8 Å². The minimum absolute atomic E-state index is 0.0572. The average molecular weight is 415 g/mol. The van der Waals surface area contributed by atoms with E-state index >= 15 is 0 Å². The third kappa shape index (κ3) is 4.14. The van der Waals surface area contributed by atoms with Crippen molar-refractivity contribution in [2.24, 2.45) is 28.6 Å². The van der Waals surface area contributed by atoms with Gasteiger partial charge in [0.2, 0.25) is 0 Å². The van der Waals surface area contributed by atoms with E-state index in [-0.39, 0.29) is 16.4 Å². The normalized spacial score (nSPS) is 30.8. The zero-order valence-electron chi connectivity index (χ0n) is 19.8. The number of hydrogen-bond donors (Lipinski definition) is 0. The zero-order chi connectivity index (χ0) is 21.4. The molecule has 3 rings (SSSR count). The molecular weight excluding hydrogens is 372 g/mol. The van der Waals surface area contributed by atoms with E-state index in [1.165, 1.54) is 30.4 Å². The molecule has 0 saturated heterocycles. The first-order chi connectivity index (χ1) is 13.5. The fraction of sp³-hybridized carbons (Fsp3) is 0.731. The molecule has 2 saturated carbocycles. The van der Waals surface area contributed by atoms with Gasteiger partial charge < -0.3 is 4.43 Å². The highest BCUT2D eigenvalue weighted by molar-refractivity contribution is 5.98. The molecule has 2 aliphatic carbocycles. The molecule has 0 spiro atoms. The van der Waals surface area contributed by atoms with Gasteiger partial charge in [-0.1, -0.05) is 58.9 Å². The molecule has 1 aromatic rings. The summed E-state index contributed by atoms with van der Waals surface area (Å²) in [6, 6.07) is 9.08. The Labute approximate surface area is 181 Å². The lowest BCUT2D eigenvalue weighted by atomic mass is 9.62. The highest BCUT2D eigenvalue weighted by Crippen LogP contribution is 2.57. The number of rotatable bonds is 6. The van der Waals surface area contributed by atoms with Crippen molar-refractivity contribution in [2.45, 2.75) is 92.1 Å². The van der Waals surface area contributed by atoms with Gasteiger partial charge in [0.1, 0.15) is 16.3 Å². The molecule has 0 radical (unpaired) electrons. The van der Waals surface area contributed by atoms with Crippen molar-refractivity contribution in [1.29, 1.82) is 0 Å². The Kier molecular flexibility index (Phi) is 6.51. The standard InChI is InChI=1S/C26H42O2Si/c1-18(21-14-15-22-23(27)11-8-16-25(21,22)5)12-13-19-9-7-10-20(17-19)26(6,28-29)24(2,3)4/h7,9-10,17-18,21-22H,8,11-16H2,1-6,29H3/t18-,21+,22-,25+,26?/m0/s1. The predicted molar refractivity (Wildman–Crippen MR) is 125 cm³/mol. The lowest BCUT2D eigenvalue weighted by Crippen LogP contribution is -2.39. The quantitative estimate of drug-likeness (QED) is 0.566. The van der Waals surface area contributed by atoms with Crippen LogP contribution in [0.1, 0.15) is 91.2 Å². The van der Waals surface area contributed by atoms with Crippen molar-refractivity contribution in [3.8, 4) is 0 Å². The third-order valence-corrected chi connectivity index (χ3v) is 9.65. The summed E-state index contributed by atoms with van der Waals surface area (Å²) < 4.78 is 6.14. The summed E-state index contributed by atoms with van der Waals surface area (Å²) >= 11 is 0. The summed E-state index contributed by atoms with van der Waals surface area (Å²) in [5.74, 6) is 2.25. The first-order valence-electron chi connectivity index (χ1n) is 11.7. The molecule has 0 bridgehead atoms. The van der Waals surface area contributed by atoms with Crippen LogP contribution in [0, 0.1) is 28.6 Å². The van der Waals surface area contributed by atoms with E-state index < -0.39 is 0 Å². The van der Waals surface area contributed by atoms with E-state index in [0.29, 0.717) is 23.5 Å². The summed E-state index contributed by atoms with van der Waals surface area (Å²) in [5.41, 5.74) is 2.79. The van der Waals surface area contributed by atoms with E-state index in [9.17, 15) is 4.79 Å². The molecule has 5 atom stereocenters. The van der Waals surface area contributed by atoms with Crippen molar-refractivity contribution in [3.63, 3.8) is 0 Å². The Bertz CT molecular complexity index is 736.